The van der Waals surface area contributed by atoms with E-state index in [-0.39, 0.29) is 6.61 Å². The number of aliphatic hydroxyl groups is 1. The minimum atomic E-state index is 0.164. The summed E-state index contributed by atoms with van der Waals surface area (Å²) in [6.07, 6.45) is 0. The Bertz CT molecular complexity index is 296. The van der Waals surface area contributed by atoms with Gasteiger partial charge in [0.25, 0.3) is 0 Å². The predicted octanol–water partition coefficient (Wildman–Crippen LogP) is 1.12. The molecule has 0 aliphatic carbocycles. The quantitative estimate of drug-likeness (QED) is 0.670. The summed E-state index contributed by atoms with van der Waals surface area (Å²) in [5.41, 5.74) is 3.77. The molecule has 0 unspecified atom stereocenters. The number of hydrogen-bond donors (Lipinski definition) is 1. The van der Waals surface area contributed by atoms with Crippen molar-refractivity contribution in [3.8, 4) is 0 Å². The lowest BCUT2D eigenvalue weighted by atomic mass is 10.0. The molecule has 0 amide bonds. The van der Waals surface area contributed by atoms with Crippen molar-refractivity contribution in [2.24, 2.45) is 0 Å². The van der Waals surface area contributed by atoms with Crippen LogP contribution in [0.2, 0.25) is 0 Å². The second-order valence-corrected chi connectivity index (χ2v) is 3.39. The van der Waals surface area contributed by atoms with Crippen LogP contribution in [-0.2, 0) is 19.7 Å². The maximum absolute atomic E-state index is 9.07. The molecule has 1 aliphatic heterocycles. The largest absolute Gasteiger partial charge is 0.392 e. The Hall–Kier alpha value is -0.860. The van der Waals surface area contributed by atoms with Crippen molar-refractivity contribution in [3.05, 3.63) is 34.9 Å². The summed E-state index contributed by atoms with van der Waals surface area (Å²) in [7, 11) is 2.10. The number of hydrogen-bond acceptors (Lipinski definition) is 2. The van der Waals surface area contributed by atoms with Gasteiger partial charge >= 0.3 is 0 Å². The van der Waals surface area contributed by atoms with Crippen molar-refractivity contribution in [2.75, 3.05) is 7.05 Å². The van der Waals surface area contributed by atoms with Gasteiger partial charge in [-0.05, 0) is 23.7 Å². The molecule has 0 aromatic heterocycles. The molecule has 0 atom stereocenters. The first-order valence-electron chi connectivity index (χ1n) is 4.20. The minimum absolute atomic E-state index is 0.164. The number of aliphatic hydroxyl groups excluding tert-OH is 1. The lowest BCUT2D eigenvalue weighted by Crippen LogP contribution is -2.07. The zero-order chi connectivity index (χ0) is 8.55. The maximum atomic E-state index is 9.07. The van der Waals surface area contributed by atoms with Crippen molar-refractivity contribution in [3.63, 3.8) is 0 Å². The van der Waals surface area contributed by atoms with E-state index in [9.17, 15) is 0 Å². The topological polar surface area (TPSA) is 23.5 Å². The molecule has 0 saturated heterocycles. The minimum Gasteiger partial charge on any atom is -0.392 e. The molecular formula is C10H13NO. The molecule has 64 valence electrons. The van der Waals surface area contributed by atoms with Crippen molar-refractivity contribution in [2.45, 2.75) is 19.7 Å². The first-order chi connectivity index (χ1) is 5.81. The van der Waals surface area contributed by atoms with Gasteiger partial charge in [0, 0.05) is 13.1 Å². The molecule has 2 heteroatoms. The molecule has 1 aromatic carbocycles. The standard InChI is InChI=1S/C10H13NO/c1-11-5-8-3-2-4-9(7-12)10(8)6-11/h2-4,12H,5-7H2,1H3. The van der Waals surface area contributed by atoms with Gasteiger partial charge in [0.1, 0.15) is 0 Å². The van der Waals surface area contributed by atoms with E-state index in [4.69, 9.17) is 5.11 Å². The molecule has 12 heavy (non-hydrogen) atoms. The van der Waals surface area contributed by atoms with E-state index in [2.05, 4.69) is 18.0 Å². The summed E-state index contributed by atoms with van der Waals surface area (Å²) in [6.45, 7) is 2.16. The number of rotatable bonds is 1. The van der Waals surface area contributed by atoms with Gasteiger partial charge in [-0.15, -0.1) is 0 Å². The van der Waals surface area contributed by atoms with Gasteiger partial charge in [0.2, 0.25) is 0 Å². The second kappa shape index (κ2) is 2.88. The van der Waals surface area contributed by atoms with Crippen molar-refractivity contribution >= 4 is 0 Å². The van der Waals surface area contributed by atoms with E-state index in [0.717, 1.165) is 18.7 Å². The lowest BCUT2D eigenvalue weighted by Gasteiger charge is -2.04. The summed E-state index contributed by atoms with van der Waals surface area (Å²) >= 11 is 0. The SMILES string of the molecule is CN1Cc2cccc(CO)c2C1. The molecule has 1 aromatic rings. The van der Waals surface area contributed by atoms with Gasteiger partial charge in [-0.25, -0.2) is 0 Å². The monoisotopic (exact) mass is 163 g/mol. The first kappa shape index (κ1) is 7.77. The Kier molecular flexibility index (Phi) is 1.87. The fraction of sp³-hybridized carbons (Fsp3) is 0.400. The van der Waals surface area contributed by atoms with E-state index in [1.54, 1.807) is 0 Å². The number of benzene rings is 1. The fourth-order valence-electron chi connectivity index (χ4n) is 1.80. The van der Waals surface area contributed by atoms with Crippen molar-refractivity contribution in [1.29, 1.82) is 0 Å². The Morgan fingerprint density at radius 3 is 3.00 bits per heavy atom. The van der Waals surface area contributed by atoms with Gasteiger partial charge in [-0.2, -0.15) is 0 Å². The third kappa shape index (κ3) is 1.13. The number of fused-ring (bicyclic) bond motifs is 1. The summed E-state index contributed by atoms with van der Waals surface area (Å²) in [5.74, 6) is 0. The normalized spacial score (nSPS) is 16.5. The third-order valence-electron chi connectivity index (χ3n) is 2.41. The van der Waals surface area contributed by atoms with Crippen LogP contribution in [0.3, 0.4) is 0 Å². The smallest absolute Gasteiger partial charge is 0.0685 e. The van der Waals surface area contributed by atoms with E-state index in [1.807, 2.05) is 12.1 Å². The molecule has 0 spiro atoms. The van der Waals surface area contributed by atoms with Gasteiger partial charge in [-0.3, -0.25) is 4.90 Å². The molecule has 2 nitrogen and oxygen atoms in total. The molecule has 0 fully saturated rings. The highest BCUT2D eigenvalue weighted by molar-refractivity contribution is 5.37. The van der Waals surface area contributed by atoms with E-state index in [0.29, 0.717) is 0 Å². The molecule has 1 heterocycles. The van der Waals surface area contributed by atoms with Crippen LogP contribution in [0.1, 0.15) is 16.7 Å². The molecule has 1 aliphatic rings. The Morgan fingerprint density at radius 1 is 1.42 bits per heavy atom. The summed E-state index contributed by atoms with van der Waals surface area (Å²) in [6, 6.07) is 6.15. The van der Waals surface area contributed by atoms with Crippen LogP contribution < -0.4 is 0 Å². The summed E-state index contributed by atoms with van der Waals surface area (Å²) < 4.78 is 0. The molecule has 0 saturated carbocycles. The highest BCUT2D eigenvalue weighted by Crippen LogP contribution is 2.24. The molecule has 0 radical (unpaired) electrons. The van der Waals surface area contributed by atoms with Gasteiger partial charge in [-0.1, -0.05) is 18.2 Å². The van der Waals surface area contributed by atoms with Crippen LogP contribution in [0.15, 0.2) is 18.2 Å². The highest BCUT2D eigenvalue weighted by atomic mass is 16.3. The Morgan fingerprint density at radius 2 is 2.25 bits per heavy atom. The average molecular weight is 163 g/mol. The number of nitrogens with zero attached hydrogens (tertiary/aromatic N) is 1. The Labute approximate surface area is 72.4 Å². The first-order valence-corrected chi connectivity index (χ1v) is 4.20. The van der Waals surface area contributed by atoms with Crippen LogP contribution >= 0.6 is 0 Å². The molecule has 2 rings (SSSR count). The van der Waals surface area contributed by atoms with E-state index < -0.39 is 0 Å². The van der Waals surface area contributed by atoms with Crippen LogP contribution in [0.4, 0.5) is 0 Å². The Balaban J connectivity index is 2.44. The van der Waals surface area contributed by atoms with Crippen LogP contribution in [0, 0.1) is 0 Å². The van der Waals surface area contributed by atoms with Crippen LogP contribution in [-0.4, -0.2) is 17.1 Å². The second-order valence-electron chi connectivity index (χ2n) is 3.39. The highest BCUT2D eigenvalue weighted by Gasteiger charge is 2.17. The van der Waals surface area contributed by atoms with Crippen molar-refractivity contribution in [1.82, 2.24) is 4.90 Å². The van der Waals surface area contributed by atoms with Crippen LogP contribution in [0.25, 0.3) is 0 Å². The third-order valence-corrected chi connectivity index (χ3v) is 2.41. The van der Waals surface area contributed by atoms with Gasteiger partial charge in [0.15, 0.2) is 0 Å². The predicted molar refractivity (Wildman–Crippen MR) is 47.5 cm³/mol. The van der Waals surface area contributed by atoms with E-state index >= 15 is 0 Å². The fourth-order valence-corrected chi connectivity index (χ4v) is 1.80. The molecular weight excluding hydrogens is 150 g/mol. The lowest BCUT2D eigenvalue weighted by molar-refractivity contribution is 0.279. The zero-order valence-electron chi connectivity index (χ0n) is 7.25. The van der Waals surface area contributed by atoms with Gasteiger partial charge in [0.05, 0.1) is 6.61 Å². The average Bonchev–Trinajstić information content (AvgIpc) is 2.44. The van der Waals surface area contributed by atoms with Crippen LogP contribution in [0.5, 0.6) is 0 Å². The van der Waals surface area contributed by atoms with Gasteiger partial charge < -0.3 is 5.11 Å². The van der Waals surface area contributed by atoms with E-state index in [1.165, 1.54) is 11.1 Å². The molecule has 0 bridgehead atoms. The molecule has 1 N–H and O–H groups in total. The summed E-state index contributed by atoms with van der Waals surface area (Å²) in [4.78, 5) is 2.25. The summed E-state index contributed by atoms with van der Waals surface area (Å²) in [5, 5.41) is 9.07. The maximum Gasteiger partial charge on any atom is 0.0685 e. The zero-order valence-corrected chi connectivity index (χ0v) is 7.25. The van der Waals surface area contributed by atoms with Crippen molar-refractivity contribution < 1.29 is 5.11 Å².